The molecule has 120 valence electrons. The Morgan fingerprint density at radius 3 is 2.29 bits per heavy atom. The Morgan fingerprint density at radius 1 is 1.00 bits per heavy atom. The Morgan fingerprint density at radius 2 is 1.67 bits per heavy atom. The molecule has 0 saturated heterocycles. The summed E-state index contributed by atoms with van der Waals surface area (Å²) in [4.78, 5) is 0. The number of nitrogens with one attached hydrogen (secondary N) is 1. The van der Waals surface area contributed by atoms with Crippen LogP contribution in [0.3, 0.4) is 0 Å². The first-order chi connectivity index (χ1) is 10.3. The summed E-state index contributed by atoms with van der Waals surface area (Å²) in [6, 6.07) is 4.94. The first-order valence-corrected chi connectivity index (χ1v) is 6.98. The third-order valence-corrected chi connectivity index (χ3v) is 2.67. The van der Waals surface area contributed by atoms with Crippen LogP contribution in [0.25, 0.3) is 0 Å². The standard InChI is InChI=1S/C15H24FNO4/c1-17-12-13-3-4-15(14(16)11-13)21-10-9-20-8-7-19-6-5-18-2/h3-4,11,17H,5-10,12H2,1-2H3. The average Bonchev–Trinajstić information content (AvgIpc) is 2.48. The summed E-state index contributed by atoms with van der Waals surface area (Å²) < 4.78 is 34.4. The van der Waals surface area contributed by atoms with E-state index in [-0.39, 0.29) is 11.6 Å². The molecule has 0 aliphatic carbocycles. The predicted molar refractivity (Wildman–Crippen MR) is 78.2 cm³/mol. The predicted octanol–water partition coefficient (Wildman–Crippen LogP) is 1.60. The molecule has 0 atom stereocenters. The van der Waals surface area contributed by atoms with Crippen molar-refractivity contribution in [1.29, 1.82) is 0 Å². The highest BCUT2D eigenvalue weighted by atomic mass is 19.1. The van der Waals surface area contributed by atoms with E-state index in [9.17, 15) is 4.39 Å². The van der Waals surface area contributed by atoms with Crippen molar-refractivity contribution >= 4 is 0 Å². The van der Waals surface area contributed by atoms with Crippen LogP contribution in [-0.2, 0) is 20.8 Å². The van der Waals surface area contributed by atoms with Crippen molar-refractivity contribution in [3.05, 3.63) is 29.6 Å². The molecular formula is C15H24FNO4. The van der Waals surface area contributed by atoms with Crippen LogP contribution in [-0.4, -0.2) is 53.8 Å². The summed E-state index contributed by atoms with van der Waals surface area (Å²) in [6.07, 6.45) is 0. The maximum absolute atomic E-state index is 13.7. The number of ether oxygens (including phenoxy) is 4. The van der Waals surface area contributed by atoms with Crippen LogP contribution in [0.1, 0.15) is 5.56 Å². The Labute approximate surface area is 125 Å². The van der Waals surface area contributed by atoms with Gasteiger partial charge in [-0.1, -0.05) is 6.07 Å². The highest BCUT2D eigenvalue weighted by Gasteiger charge is 2.04. The zero-order valence-electron chi connectivity index (χ0n) is 12.7. The molecule has 0 bridgehead atoms. The molecule has 0 amide bonds. The molecule has 5 nitrogen and oxygen atoms in total. The topological polar surface area (TPSA) is 49.0 Å². The fourth-order valence-corrected chi connectivity index (χ4v) is 1.65. The fraction of sp³-hybridized carbons (Fsp3) is 0.600. The lowest BCUT2D eigenvalue weighted by atomic mass is 10.2. The largest absolute Gasteiger partial charge is 0.488 e. The molecule has 0 heterocycles. The summed E-state index contributed by atoms with van der Waals surface area (Å²) >= 11 is 0. The van der Waals surface area contributed by atoms with Crippen LogP contribution in [0.2, 0.25) is 0 Å². The van der Waals surface area contributed by atoms with Crippen LogP contribution in [0.5, 0.6) is 5.75 Å². The lowest BCUT2D eigenvalue weighted by Crippen LogP contribution is -2.12. The lowest BCUT2D eigenvalue weighted by molar-refractivity contribution is 0.0177. The van der Waals surface area contributed by atoms with Crippen LogP contribution < -0.4 is 10.1 Å². The van der Waals surface area contributed by atoms with E-state index < -0.39 is 0 Å². The number of benzene rings is 1. The molecule has 0 aromatic heterocycles. The van der Waals surface area contributed by atoms with Gasteiger partial charge in [-0.15, -0.1) is 0 Å². The van der Waals surface area contributed by atoms with E-state index in [1.807, 2.05) is 13.1 Å². The second-order valence-corrected chi connectivity index (χ2v) is 4.36. The Kier molecular flexibility index (Phi) is 9.73. The van der Waals surface area contributed by atoms with Crippen LogP contribution >= 0.6 is 0 Å². The first-order valence-electron chi connectivity index (χ1n) is 6.98. The minimum atomic E-state index is -0.356. The first kappa shape index (κ1) is 17.8. The molecule has 1 aromatic rings. The molecule has 0 aliphatic rings. The van der Waals surface area contributed by atoms with Crippen molar-refractivity contribution in [3.8, 4) is 5.75 Å². The van der Waals surface area contributed by atoms with Crippen molar-refractivity contribution in [2.45, 2.75) is 6.54 Å². The zero-order valence-corrected chi connectivity index (χ0v) is 12.7. The Bertz CT molecular complexity index is 390. The lowest BCUT2D eigenvalue weighted by Gasteiger charge is -2.09. The van der Waals surface area contributed by atoms with Gasteiger partial charge < -0.3 is 24.3 Å². The van der Waals surface area contributed by atoms with E-state index in [2.05, 4.69) is 5.32 Å². The quantitative estimate of drug-likeness (QED) is 0.594. The number of hydrogen-bond acceptors (Lipinski definition) is 5. The normalized spacial score (nSPS) is 10.8. The highest BCUT2D eigenvalue weighted by molar-refractivity contribution is 5.29. The zero-order chi connectivity index (χ0) is 15.3. The van der Waals surface area contributed by atoms with Crippen LogP contribution in [0, 0.1) is 5.82 Å². The van der Waals surface area contributed by atoms with Gasteiger partial charge in [0.25, 0.3) is 0 Å². The third-order valence-electron chi connectivity index (χ3n) is 2.67. The van der Waals surface area contributed by atoms with Crippen molar-refractivity contribution in [1.82, 2.24) is 5.32 Å². The Hall–Kier alpha value is -1.21. The van der Waals surface area contributed by atoms with E-state index in [0.29, 0.717) is 46.2 Å². The second kappa shape index (κ2) is 11.4. The summed E-state index contributed by atoms with van der Waals surface area (Å²) in [7, 11) is 3.44. The maximum Gasteiger partial charge on any atom is 0.165 e. The van der Waals surface area contributed by atoms with Gasteiger partial charge >= 0.3 is 0 Å². The summed E-state index contributed by atoms with van der Waals surface area (Å²) in [6.45, 7) is 3.45. The number of methoxy groups -OCH3 is 1. The fourth-order valence-electron chi connectivity index (χ4n) is 1.65. The van der Waals surface area contributed by atoms with Gasteiger partial charge in [0.15, 0.2) is 11.6 Å². The third kappa shape index (κ3) is 7.96. The van der Waals surface area contributed by atoms with Crippen molar-refractivity contribution < 1.29 is 23.3 Å². The Balaban J connectivity index is 2.10. The molecule has 0 aliphatic heterocycles. The average molecular weight is 301 g/mol. The monoisotopic (exact) mass is 301 g/mol. The van der Waals surface area contributed by atoms with Crippen molar-refractivity contribution in [2.75, 3.05) is 53.8 Å². The molecular weight excluding hydrogens is 277 g/mol. The highest BCUT2D eigenvalue weighted by Crippen LogP contribution is 2.18. The molecule has 1 N–H and O–H groups in total. The van der Waals surface area contributed by atoms with Gasteiger partial charge in [-0.25, -0.2) is 4.39 Å². The van der Waals surface area contributed by atoms with Gasteiger partial charge in [-0.3, -0.25) is 0 Å². The number of hydrogen-bond donors (Lipinski definition) is 1. The molecule has 1 rings (SSSR count). The van der Waals surface area contributed by atoms with Crippen molar-refractivity contribution in [3.63, 3.8) is 0 Å². The molecule has 0 spiro atoms. The molecule has 0 saturated carbocycles. The number of halogens is 1. The molecule has 0 unspecified atom stereocenters. The van der Waals surface area contributed by atoms with Gasteiger partial charge in [-0.05, 0) is 24.7 Å². The second-order valence-electron chi connectivity index (χ2n) is 4.36. The molecule has 0 fully saturated rings. The minimum Gasteiger partial charge on any atom is -0.488 e. The summed E-state index contributed by atoms with van der Waals surface area (Å²) in [5.41, 5.74) is 0.881. The molecule has 6 heteroatoms. The van der Waals surface area contributed by atoms with Crippen LogP contribution in [0.4, 0.5) is 4.39 Å². The van der Waals surface area contributed by atoms with E-state index in [0.717, 1.165) is 5.56 Å². The number of rotatable bonds is 12. The van der Waals surface area contributed by atoms with Crippen molar-refractivity contribution in [2.24, 2.45) is 0 Å². The summed E-state index contributed by atoms with van der Waals surface area (Å²) in [5.74, 6) is -0.111. The van der Waals surface area contributed by atoms with E-state index >= 15 is 0 Å². The van der Waals surface area contributed by atoms with Gasteiger partial charge in [0, 0.05) is 13.7 Å². The van der Waals surface area contributed by atoms with Gasteiger partial charge in [0.05, 0.1) is 33.0 Å². The minimum absolute atomic E-state index is 0.245. The van der Waals surface area contributed by atoms with E-state index in [4.69, 9.17) is 18.9 Å². The molecule has 1 aromatic carbocycles. The van der Waals surface area contributed by atoms with Gasteiger partial charge in [0.1, 0.15) is 6.61 Å². The van der Waals surface area contributed by atoms with Gasteiger partial charge in [-0.2, -0.15) is 0 Å². The van der Waals surface area contributed by atoms with E-state index in [1.54, 1.807) is 13.2 Å². The van der Waals surface area contributed by atoms with Crippen LogP contribution in [0.15, 0.2) is 18.2 Å². The molecule has 0 radical (unpaired) electrons. The smallest absolute Gasteiger partial charge is 0.165 e. The van der Waals surface area contributed by atoms with Gasteiger partial charge in [0.2, 0.25) is 0 Å². The SMILES string of the molecule is CNCc1ccc(OCCOCCOCCOC)c(F)c1. The summed E-state index contributed by atoms with van der Waals surface area (Å²) in [5, 5.41) is 2.97. The molecule has 21 heavy (non-hydrogen) atoms. The maximum atomic E-state index is 13.7. The van der Waals surface area contributed by atoms with E-state index in [1.165, 1.54) is 6.07 Å².